The van der Waals surface area contributed by atoms with Gasteiger partial charge >= 0.3 is 6.18 Å². The molecule has 0 aliphatic rings. The molecule has 0 spiro atoms. The fourth-order valence-electron chi connectivity index (χ4n) is 1.01. The summed E-state index contributed by atoms with van der Waals surface area (Å²) in [6.07, 6.45) is -0.352. The van der Waals surface area contributed by atoms with Crippen LogP contribution in [0.2, 0.25) is 5.02 Å². The number of pyridine rings is 1. The second-order valence-corrected chi connectivity index (χ2v) is 3.46. The Bertz CT molecular complexity index is 388. The van der Waals surface area contributed by atoms with Gasteiger partial charge in [-0.1, -0.05) is 17.7 Å². The van der Waals surface area contributed by atoms with Crippen molar-refractivity contribution >= 4 is 17.7 Å². The third-order valence-electron chi connectivity index (χ3n) is 1.79. The van der Waals surface area contributed by atoms with E-state index >= 15 is 0 Å². The minimum absolute atomic E-state index is 0.0119. The first-order valence-corrected chi connectivity index (χ1v) is 4.87. The SMILES string of the molecule is CNCC=Cc1ncc(C(F)(F)F)cc1Cl. The highest BCUT2D eigenvalue weighted by Crippen LogP contribution is 2.31. The molecule has 0 amide bonds. The normalized spacial score (nSPS) is 12.3. The van der Waals surface area contributed by atoms with E-state index in [1.807, 2.05) is 0 Å². The van der Waals surface area contributed by atoms with Gasteiger partial charge in [0.15, 0.2) is 0 Å². The van der Waals surface area contributed by atoms with Crippen molar-refractivity contribution in [2.75, 3.05) is 13.6 Å². The summed E-state index contributed by atoms with van der Waals surface area (Å²) >= 11 is 5.68. The maximum atomic E-state index is 12.3. The molecular formula is C10H10ClF3N2. The molecule has 0 saturated heterocycles. The summed E-state index contributed by atoms with van der Waals surface area (Å²) in [5.74, 6) is 0. The second kappa shape index (κ2) is 5.32. The summed E-state index contributed by atoms with van der Waals surface area (Å²) in [5, 5.41) is 2.84. The van der Waals surface area contributed by atoms with E-state index in [-0.39, 0.29) is 5.02 Å². The Kier molecular flexibility index (Phi) is 4.32. The van der Waals surface area contributed by atoms with Crippen molar-refractivity contribution in [2.45, 2.75) is 6.18 Å². The average Bonchev–Trinajstić information content (AvgIpc) is 2.19. The van der Waals surface area contributed by atoms with Crippen LogP contribution in [0.1, 0.15) is 11.3 Å². The highest BCUT2D eigenvalue weighted by atomic mass is 35.5. The summed E-state index contributed by atoms with van der Waals surface area (Å²) in [6.45, 7) is 0.596. The first-order chi connectivity index (χ1) is 7.45. The lowest BCUT2D eigenvalue weighted by atomic mass is 10.2. The van der Waals surface area contributed by atoms with Crippen LogP contribution < -0.4 is 5.32 Å². The van der Waals surface area contributed by atoms with Crippen LogP contribution in [0.15, 0.2) is 18.3 Å². The molecule has 6 heteroatoms. The molecule has 0 aliphatic carbocycles. The van der Waals surface area contributed by atoms with Gasteiger partial charge in [0.25, 0.3) is 0 Å². The standard InChI is InChI=1S/C10H10ClF3N2/c1-15-4-2-3-9-8(11)5-7(6-16-9)10(12,13)14/h2-3,5-6,15H,4H2,1H3. The number of hydrogen-bond acceptors (Lipinski definition) is 2. The summed E-state index contributed by atoms with van der Waals surface area (Å²) in [6, 6.07) is 0.869. The van der Waals surface area contributed by atoms with Crippen molar-refractivity contribution in [3.8, 4) is 0 Å². The largest absolute Gasteiger partial charge is 0.417 e. The van der Waals surface area contributed by atoms with Crippen molar-refractivity contribution in [3.63, 3.8) is 0 Å². The van der Waals surface area contributed by atoms with Gasteiger partial charge in [0.2, 0.25) is 0 Å². The van der Waals surface area contributed by atoms with Crippen LogP contribution in [0.5, 0.6) is 0 Å². The molecule has 1 aromatic heterocycles. The van der Waals surface area contributed by atoms with E-state index < -0.39 is 11.7 Å². The van der Waals surface area contributed by atoms with E-state index in [0.717, 1.165) is 12.3 Å². The van der Waals surface area contributed by atoms with E-state index in [9.17, 15) is 13.2 Å². The zero-order chi connectivity index (χ0) is 12.2. The number of nitrogens with one attached hydrogen (secondary N) is 1. The maximum Gasteiger partial charge on any atom is 0.417 e. The Morgan fingerprint density at radius 2 is 2.19 bits per heavy atom. The minimum atomic E-state index is -4.41. The number of alkyl halides is 3. The molecule has 1 heterocycles. The Labute approximate surface area is 96.1 Å². The molecule has 0 atom stereocenters. The van der Waals surface area contributed by atoms with Gasteiger partial charge in [0.1, 0.15) is 0 Å². The molecular weight excluding hydrogens is 241 g/mol. The molecule has 0 aromatic carbocycles. The van der Waals surface area contributed by atoms with Gasteiger partial charge in [-0.15, -0.1) is 0 Å². The monoisotopic (exact) mass is 250 g/mol. The van der Waals surface area contributed by atoms with Gasteiger partial charge in [-0.3, -0.25) is 4.98 Å². The fourth-order valence-corrected chi connectivity index (χ4v) is 1.24. The number of likely N-dealkylation sites (N-methyl/N-ethyl adjacent to an activating group) is 1. The molecule has 0 fully saturated rings. The molecule has 1 aromatic rings. The zero-order valence-electron chi connectivity index (χ0n) is 8.48. The van der Waals surface area contributed by atoms with Crippen LogP contribution in [0.4, 0.5) is 13.2 Å². The molecule has 1 rings (SSSR count). The van der Waals surface area contributed by atoms with Gasteiger partial charge in [-0.05, 0) is 19.2 Å². The Morgan fingerprint density at radius 3 is 2.69 bits per heavy atom. The summed E-state index contributed by atoms with van der Waals surface area (Å²) in [7, 11) is 1.76. The number of rotatable bonds is 3. The molecule has 1 N–H and O–H groups in total. The third-order valence-corrected chi connectivity index (χ3v) is 2.10. The van der Waals surface area contributed by atoms with E-state index in [1.165, 1.54) is 0 Å². The average molecular weight is 251 g/mol. The fraction of sp³-hybridized carbons (Fsp3) is 0.300. The summed E-state index contributed by atoms with van der Waals surface area (Å²) < 4.78 is 36.8. The van der Waals surface area contributed by atoms with Crippen LogP contribution in [0, 0.1) is 0 Å². The van der Waals surface area contributed by atoms with Crippen LogP contribution >= 0.6 is 11.6 Å². The van der Waals surface area contributed by atoms with E-state index in [0.29, 0.717) is 12.2 Å². The highest BCUT2D eigenvalue weighted by molar-refractivity contribution is 6.31. The quantitative estimate of drug-likeness (QED) is 0.892. The third kappa shape index (κ3) is 3.50. The van der Waals surface area contributed by atoms with E-state index in [1.54, 1.807) is 19.2 Å². The smallest absolute Gasteiger partial charge is 0.316 e. The number of nitrogens with zero attached hydrogens (tertiary/aromatic N) is 1. The lowest BCUT2D eigenvalue weighted by Crippen LogP contribution is -2.06. The first kappa shape index (κ1) is 13.0. The first-order valence-electron chi connectivity index (χ1n) is 4.49. The Hall–Kier alpha value is -1.07. The van der Waals surface area contributed by atoms with Crippen LogP contribution in [0.25, 0.3) is 6.08 Å². The topological polar surface area (TPSA) is 24.9 Å². The lowest BCUT2D eigenvalue weighted by molar-refractivity contribution is -0.137. The minimum Gasteiger partial charge on any atom is -0.316 e. The molecule has 0 radical (unpaired) electrons. The van der Waals surface area contributed by atoms with Gasteiger partial charge < -0.3 is 5.32 Å². The van der Waals surface area contributed by atoms with Gasteiger partial charge in [-0.25, -0.2) is 0 Å². The molecule has 0 unspecified atom stereocenters. The van der Waals surface area contributed by atoms with Crippen molar-refractivity contribution < 1.29 is 13.2 Å². The molecule has 0 saturated carbocycles. The lowest BCUT2D eigenvalue weighted by Gasteiger charge is -2.07. The van der Waals surface area contributed by atoms with Crippen molar-refractivity contribution in [2.24, 2.45) is 0 Å². The summed E-state index contributed by atoms with van der Waals surface area (Å²) in [4.78, 5) is 3.65. The Morgan fingerprint density at radius 1 is 1.50 bits per heavy atom. The van der Waals surface area contributed by atoms with Crippen molar-refractivity contribution in [1.82, 2.24) is 10.3 Å². The Balaban J connectivity index is 2.92. The van der Waals surface area contributed by atoms with Crippen molar-refractivity contribution in [3.05, 3.63) is 34.6 Å². The van der Waals surface area contributed by atoms with Crippen LogP contribution in [-0.2, 0) is 6.18 Å². The molecule has 0 aliphatic heterocycles. The highest BCUT2D eigenvalue weighted by Gasteiger charge is 2.31. The number of hydrogen-bond donors (Lipinski definition) is 1. The van der Waals surface area contributed by atoms with Gasteiger partial charge in [0, 0.05) is 12.7 Å². The summed E-state index contributed by atoms with van der Waals surface area (Å²) in [5.41, 5.74) is -0.520. The number of aromatic nitrogens is 1. The second-order valence-electron chi connectivity index (χ2n) is 3.05. The van der Waals surface area contributed by atoms with Crippen LogP contribution in [0.3, 0.4) is 0 Å². The molecule has 2 nitrogen and oxygen atoms in total. The van der Waals surface area contributed by atoms with E-state index in [2.05, 4.69) is 10.3 Å². The molecule has 88 valence electrons. The molecule has 0 bridgehead atoms. The van der Waals surface area contributed by atoms with Gasteiger partial charge in [0.05, 0.1) is 16.3 Å². The van der Waals surface area contributed by atoms with E-state index in [4.69, 9.17) is 11.6 Å². The predicted molar refractivity (Wildman–Crippen MR) is 57.2 cm³/mol. The predicted octanol–water partition coefficient (Wildman–Crippen LogP) is 2.99. The van der Waals surface area contributed by atoms with Crippen LogP contribution in [-0.4, -0.2) is 18.6 Å². The number of halogens is 4. The van der Waals surface area contributed by atoms with Gasteiger partial charge in [-0.2, -0.15) is 13.2 Å². The molecule has 16 heavy (non-hydrogen) atoms. The van der Waals surface area contributed by atoms with Crippen molar-refractivity contribution in [1.29, 1.82) is 0 Å². The zero-order valence-corrected chi connectivity index (χ0v) is 9.23. The maximum absolute atomic E-state index is 12.3.